The van der Waals surface area contributed by atoms with E-state index >= 15 is 0 Å². The van der Waals surface area contributed by atoms with E-state index in [-0.39, 0.29) is 10.9 Å². The Balaban J connectivity index is 2.22. The highest BCUT2D eigenvalue weighted by atomic mass is 32.2. The Morgan fingerprint density at radius 1 is 1.47 bits per heavy atom. The molecule has 1 heterocycles. The second-order valence-corrected chi connectivity index (χ2v) is 6.70. The summed E-state index contributed by atoms with van der Waals surface area (Å²) >= 11 is 1.42. The molecular weight excluding hydrogens is 282 g/mol. The lowest BCUT2D eigenvalue weighted by molar-refractivity contribution is 0.566. The number of rotatable bonds is 5. The molecule has 0 aliphatic heterocycles. The van der Waals surface area contributed by atoms with Crippen LogP contribution < -0.4 is 10.5 Å². The monoisotopic (exact) mass is 297 g/mol. The maximum Gasteiger partial charge on any atom is 0.241 e. The van der Waals surface area contributed by atoms with Crippen molar-refractivity contribution in [2.24, 2.45) is 5.73 Å². The number of benzene rings is 1. The van der Waals surface area contributed by atoms with Crippen LogP contribution in [0.2, 0.25) is 0 Å². The number of hydrogen-bond donors (Lipinski definition) is 2. The highest BCUT2D eigenvalue weighted by Gasteiger charge is 2.19. The molecule has 0 amide bonds. The Morgan fingerprint density at radius 3 is 2.89 bits per heavy atom. The second-order valence-electron chi connectivity index (χ2n) is 4.06. The van der Waals surface area contributed by atoms with Crippen LogP contribution in [0.1, 0.15) is 23.5 Å². The molecule has 1 unspecified atom stereocenters. The summed E-state index contributed by atoms with van der Waals surface area (Å²) in [5.74, 6) is 0. The minimum Gasteiger partial charge on any atom is -0.326 e. The van der Waals surface area contributed by atoms with Gasteiger partial charge in [-0.2, -0.15) is 0 Å². The van der Waals surface area contributed by atoms with Gasteiger partial charge >= 0.3 is 0 Å². The fourth-order valence-electron chi connectivity index (χ4n) is 1.64. The van der Waals surface area contributed by atoms with Gasteiger partial charge in [-0.15, -0.1) is 11.3 Å². The molecule has 5 nitrogen and oxygen atoms in total. The van der Waals surface area contributed by atoms with Gasteiger partial charge in [0, 0.05) is 18.1 Å². The number of aromatic nitrogens is 1. The fourth-order valence-corrected chi connectivity index (χ4v) is 3.64. The van der Waals surface area contributed by atoms with E-state index in [1.54, 1.807) is 37.4 Å². The molecular formula is C12H15N3O2S2. The molecule has 0 saturated carbocycles. The van der Waals surface area contributed by atoms with Crippen molar-refractivity contribution in [3.8, 4) is 0 Å². The first-order valence-electron chi connectivity index (χ1n) is 5.73. The molecule has 0 saturated heterocycles. The SMILES string of the molecule is CC(NS(=O)(=O)c1cccc(CN)c1)c1nccs1. The number of nitrogens with one attached hydrogen (secondary N) is 1. The van der Waals surface area contributed by atoms with Gasteiger partial charge in [0.25, 0.3) is 0 Å². The third kappa shape index (κ3) is 3.38. The first-order valence-corrected chi connectivity index (χ1v) is 8.10. The summed E-state index contributed by atoms with van der Waals surface area (Å²) in [6.45, 7) is 2.08. The van der Waals surface area contributed by atoms with Crippen LogP contribution in [-0.4, -0.2) is 13.4 Å². The topological polar surface area (TPSA) is 85.1 Å². The van der Waals surface area contributed by atoms with Crippen molar-refractivity contribution >= 4 is 21.4 Å². The van der Waals surface area contributed by atoms with E-state index in [9.17, 15) is 8.42 Å². The molecule has 1 aromatic heterocycles. The molecule has 0 bridgehead atoms. The van der Waals surface area contributed by atoms with Gasteiger partial charge < -0.3 is 5.73 Å². The Morgan fingerprint density at radius 2 is 2.26 bits per heavy atom. The van der Waals surface area contributed by atoms with Crippen LogP contribution in [0.15, 0.2) is 40.7 Å². The van der Waals surface area contributed by atoms with Crippen LogP contribution >= 0.6 is 11.3 Å². The molecule has 3 N–H and O–H groups in total. The highest BCUT2D eigenvalue weighted by molar-refractivity contribution is 7.89. The number of thiazole rings is 1. The van der Waals surface area contributed by atoms with Gasteiger partial charge in [0.1, 0.15) is 5.01 Å². The van der Waals surface area contributed by atoms with Crippen LogP contribution in [0.5, 0.6) is 0 Å². The predicted molar refractivity (Wildman–Crippen MR) is 75.2 cm³/mol. The molecule has 2 rings (SSSR count). The quantitative estimate of drug-likeness (QED) is 0.878. The van der Waals surface area contributed by atoms with Gasteiger partial charge in [-0.25, -0.2) is 18.1 Å². The number of nitrogens with zero attached hydrogens (tertiary/aromatic N) is 1. The van der Waals surface area contributed by atoms with E-state index in [0.717, 1.165) is 10.6 Å². The maximum absolute atomic E-state index is 12.2. The smallest absolute Gasteiger partial charge is 0.241 e. The van der Waals surface area contributed by atoms with Crippen molar-refractivity contribution in [2.45, 2.75) is 24.4 Å². The molecule has 2 aromatic rings. The van der Waals surface area contributed by atoms with Crippen molar-refractivity contribution in [1.82, 2.24) is 9.71 Å². The third-order valence-electron chi connectivity index (χ3n) is 2.60. The van der Waals surface area contributed by atoms with Crippen LogP contribution in [0, 0.1) is 0 Å². The summed E-state index contributed by atoms with van der Waals surface area (Å²) < 4.78 is 27.1. The molecule has 0 spiro atoms. The number of sulfonamides is 1. The molecule has 0 aliphatic carbocycles. The molecule has 0 aliphatic rings. The van der Waals surface area contributed by atoms with Gasteiger partial charge in [-0.1, -0.05) is 12.1 Å². The molecule has 1 atom stereocenters. The zero-order chi connectivity index (χ0) is 13.9. The molecule has 1 aromatic carbocycles. The minimum atomic E-state index is -3.56. The van der Waals surface area contributed by atoms with Crippen LogP contribution in [0.3, 0.4) is 0 Å². The van der Waals surface area contributed by atoms with Crippen LogP contribution in [-0.2, 0) is 16.6 Å². The lowest BCUT2D eigenvalue weighted by atomic mass is 10.2. The van der Waals surface area contributed by atoms with Gasteiger partial charge in [0.15, 0.2) is 0 Å². The summed E-state index contributed by atoms with van der Waals surface area (Å²) in [5, 5.41) is 2.55. The van der Waals surface area contributed by atoms with E-state index in [2.05, 4.69) is 9.71 Å². The molecule has 7 heteroatoms. The summed E-state index contributed by atoms with van der Waals surface area (Å²) in [6.07, 6.45) is 1.65. The molecule has 0 radical (unpaired) electrons. The Labute approximate surface area is 116 Å². The lowest BCUT2D eigenvalue weighted by Crippen LogP contribution is -2.27. The van der Waals surface area contributed by atoms with Crippen molar-refractivity contribution in [3.05, 3.63) is 46.4 Å². The standard InChI is InChI=1S/C12H15N3O2S2/c1-9(12-14-5-6-18-12)15-19(16,17)11-4-2-3-10(7-11)8-13/h2-7,9,15H,8,13H2,1H3. The van der Waals surface area contributed by atoms with Gasteiger partial charge in [-0.3, -0.25) is 0 Å². The van der Waals surface area contributed by atoms with Crippen molar-refractivity contribution in [3.63, 3.8) is 0 Å². The first kappa shape index (κ1) is 14.1. The number of nitrogens with two attached hydrogens (primary N) is 1. The minimum absolute atomic E-state index is 0.221. The second kappa shape index (κ2) is 5.79. The number of hydrogen-bond acceptors (Lipinski definition) is 5. The predicted octanol–water partition coefficient (Wildman–Crippen LogP) is 1.64. The maximum atomic E-state index is 12.2. The van der Waals surface area contributed by atoms with E-state index in [1.165, 1.54) is 11.3 Å². The van der Waals surface area contributed by atoms with Gasteiger partial charge in [0.05, 0.1) is 10.9 Å². The van der Waals surface area contributed by atoms with Gasteiger partial charge in [0.2, 0.25) is 10.0 Å². The summed E-state index contributed by atoms with van der Waals surface area (Å²) in [7, 11) is -3.56. The van der Waals surface area contributed by atoms with Crippen molar-refractivity contribution in [1.29, 1.82) is 0 Å². The summed E-state index contributed by atoms with van der Waals surface area (Å²) in [6, 6.07) is 6.26. The highest BCUT2D eigenvalue weighted by Crippen LogP contribution is 2.19. The zero-order valence-electron chi connectivity index (χ0n) is 10.4. The first-order chi connectivity index (χ1) is 9.03. The third-order valence-corrected chi connectivity index (χ3v) is 5.09. The Bertz CT molecular complexity index is 639. The summed E-state index contributed by atoms with van der Waals surface area (Å²) in [4.78, 5) is 4.32. The van der Waals surface area contributed by atoms with E-state index in [4.69, 9.17) is 5.73 Å². The van der Waals surface area contributed by atoms with Crippen molar-refractivity contribution < 1.29 is 8.42 Å². The normalized spacial score (nSPS) is 13.4. The fraction of sp³-hybridized carbons (Fsp3) is 0.250. The van der Waals surface area contributed by atoms with E-state index < -0.39 is 10.0 Å². The summed E-state index contributed by atoms with van der Waals surface area (Å²) in [5.41, 5.74) is 6.30. The van der Waals surface area contributed by atoms with Crippen LogP contribution in [0.25, 0.3) is 0 Å². The van der Waals surface area contributed by atoms with Gasteiger partial charge in [-0.05, 0) is 24.6 Å². The molecule has 19 heavy (non-hydrogen) atoms. The Kier molecular flexibility index (Phi) is 4.31. The Hall–Kier alpha value is -1.28. The zero-order valence-corrected chi connectivity index (χ0v) is 12.0. The van der Waals surface area contributed by atoms with E-state index in [0.29, 0.717) is 6.54 Å². The average molecular weight is 297 g/mol. The largest absolute Gasteiger partial charge is 0.326 e. The van der Waals surface area contributed by atoms with Crippen LogP contribution in [0.4, 0.5) is 0 Å². The average Bonchev–Trinajstić information content (AvgIpc) is 2.92. The molecule has 102 valence electrons. The lowest BCUT2D eigenvalue weighted by Gasteiger charge is -2.12. The van der Waals surface area contributed by atoms with E-state index in [1.807, 2.05) is 5.38 Å². The molecule has 0 fully saturated rings. The van der Waals surface area contributed by atoms with Crippen molar-refractivity contribution in [2.75, 3.05) is 0 Å².